The first-order valence-corrected chi connectivity index (χ1v) is 7.61. The van der Waals surface area contributed by atoms with Crippen LogP contribution in [0.5, 0.6) is 0 Å². The molecule has 1 aliphatic heterocycles. The molecule has 1 heterocycles. The monoisotopic (exact) mass is 313 g/mol. The van der Waals surface area contributed by atoms with Gasteiger partial charge in [0.25, 0.3) is 0 Å². The van der Waals surface area contributed by atoms with Crippen LogP contribution in [0.25, 0.3) is 22.4 Å². The maximum absolute atomic E-state index is 13.7. The first-order valence-electron chi connectivity index (χ1n) is 7.61. The molecule has 0 bridgehead atoms. The molecular formula is C18H16FNO3. The standard InChI is InChI=1S/C18H16FNO3/c19-16-10-22-8-7-20(16)11-23-18(21)15-9-13-5-1-3-12-4-2-6-14(15)17(12)13/h1-6,9,16H,7-8,10-11H2. The second-order valence-corrected chi connectivity index (χ2v) is 5.69. The Kier molecular flexibility index (Phi) is 3.59. The van der Waals surface area contributed by atoms with Crippen LogP contribution in [0.4, 0.5) is 4.39 Å². The lowest BCUT2D eigenvalue weighted by Gasteiger charge is -2.29. The normalized spacial score (nSPS) is 20.6. The number of ether oxygens (including phenoxy) is 2. The summed E-state index contributed by atoms with van der Waals surface area (Å²) >= 11 is 0. The number of carbonyl (C=O) groups excluding carboxylic acids is 1. The van der Waals surface area contributed by atoms with Crippen LogP contribution in [0, 0.1) is 0 Å². The van der Waals surface area contributed by atoms with Crippen molar-refractivity contribution >= 4 is 28.4 Å². The quantitative estimate of drug-likeness (QED) is 0.645. The summed E-state index contributed by atoms with van der Waals surface area (Å²) in [6, 6.07) is 11.8. The fourth-order valence-corrected chi connectivity index (χ4v) is 3.09. The molecule has 1 fully saturated rings. The molecule has 1 unspecified atom stereocenters. The number of halogens is 1. The molecule has 2 aromatic rings. The summed E-state index contributed by atoms with van der Waals surface area (Å²) in [5, 5.41) is 2.16. The Labute approximate surface area is 133 Å². The highest BCUT2D eigenvalue weighted by Crippen LogP contribution is 2.36. The van der Waals surface area contributed by atoms with E-state index in [-0.39, 0.29) is 13.3 Å². The molecule has 23 heavy (non-hydrogen) atoms. The van der Waals surface area contributed by atoms with E-state index in [9.17, 15) is 9.18 Å². The molecule has 0 aromatic heterocycles. The van der Waals surface area contributed by atoms with Crippen molar-refractivity contribution < 1.29 is 18.7 Å². The van der Waals surface area contributed by atoms with E-state index in [1.165, 1.54) is 4.90 Å². The summed E-state index contributed by atoms with van der Waals surface area (Å²) in [5.74, 6) is -0.424. The van der Waals surface area contributed by atoms with Gasteiger partial charge in [0.05, 0.1) is 18.8 Å². The van der Waals surface area contributed by atoms with Gasteiger partial charge in [0, 0.05) is 6.54 Å². The lowest BCUT2D eigenvalue weighted by atomic mass is 10.0. The van der Waals surface area contributed by atoms with Crippen LogP contribution in [-0.2, 0) is 14.3 Å². The van der Waals surface area contributed by atoms with Gasteiger partial charge in [-0.25, -0.2) is 14.1 Å². The van der Waals surface area contributed by atoms with Crippen LogP contribution in [0.3, 0.4) is 0 Å². The number of rotatable bonds is 3. The van der Waals surface area contributed by atoms with E-state index in [4.69, 9.17) is 9.47 Å². The first kappa shape index (κ1) is 14.4. The van der Waals surface area contributed by atoms with Crippen LogP contribution in [0.2, 0.25) is 0 Å². The smallest absolute Gasteiger partial charge is 0.340 e. The molecule has 4 rings (SSSR count). The zero-order valence-electron chi connectivity index (χ0n) is 12.5. The van der Waals surface area contributed by atoms with Gasteiger partial charge in [-0.2, -0.15) is 0 Å². The fraction of sp³-hybridized carbons (Fsp3) is 0.278. The lowest BCUT2D eigenvalue weighted by molar-refractivity contribution is -0.151. The van der Waals surface area contributed by atoms with Gasteiger partial charge in [-0.1, -0.05) is 36.4 Å². The van der Waals surface area contributed by atoms with E-state index < -0.39 is 12.3 Å². The van der Waals surface area contributed by atoms with Gasteiger partial charge in [0.15, 0.2) is 6.30 Å². The predicted molar refractivity (Wildman–Crippen MR) is 85.2 cm³/mol. The molecule has 0 N–H and O–H groups in total. The van der Waals surface area contributed by atoms with Crippen molar-refractivity contribution in [3.8, 4) is 0 Å². The Morgan fingerprint density at radius 2 is 2.13 bits per heavy atom. The Hall–Kier alpha value is -2.24. The molecule has 4 nitrogen and oxygen atoms in total. The molecular weight excluding hydrogens is 297 g/mol. The van der Waals surface area contributed by atoms with E-state index in [2.05, 4.69) is 0 Å². The number of morpholine rings is 1. The molecule has 5 heteroatoms. The van der Waals surface area contributed by atoms with Crippen molar-refractivity contribution in [3.63, 3.8) is 0 Å². The van der Waals surface area contributed by atoms with Crippen LogP contribution in [-0.4, -0.2) is 43.7 Å². The van der Waals surface area contributed by atoms with Crippen molar-refractivity contribution in [1.29, 1.82) is 0 Å². The minimum absolute atomic E-state index is 0.0188. The first-order chi connectivity index (χ1) is 11.2. The highest BCUT2D eigenvalue weighted by molar-refractivity contribution is 6.29. The molecule has 1 saturated heterocycles. The Balaban J connectivity index is 1.53. The summed E-state index contributed by atoms with van der Waals surface area (Å²) in [6.45, 7) is 0.826. The molecule has 118 valence electrons. The third kappa shape index (κ3) is 2.52. The Morgan fingerprint density at radius 1 is 1.30 bits per heavy atom. The van der Waals surface area contributed by atoms with Crippen molar-refractivity contribution in [2.24, 2.45) is 0 Å². The van der Waals surface area contributed by atoms with E-state index in [1.807, 2.05) is 42.5 Å². The zero-order chi connectivity index (χ0) is 15.8. The second kappa shape index (κ2) is 5.76. The maximum atomic E-state index is 13.7. The summed E-state index contributed by atoms with van der Waals surface area (Å²) in [6.07, 6.45) is 0.612. The van der Waals surface area contributed by atoms with Crippen LogP contribution in [0.15, 0.2) is 36.4 Å². The Morgan fingerprint density at radius 3 is 2.96 bits per heavy atom. The Bertz CT molecular complexity index is 797. The summed E-state index contributed by atoms with van der Waals surface area (Å²) in [5.41, 5.74) is 2.42. The van der Waals surface area contributed by atoms with Gasteiger partial charge < -0.3 is 9.47 Å². The van der Waals surface area contributed by atoms with E-state index in [0.29, 0.717) is 18.7 Å². The topological polar surface area (TPSA) is 38.8 Å². The van der Waals surface area contributed by atoms with Crippen molar-refractivity contribution in [3.05, 3.63) is 47.5 Å². The molecule has 1 aliphatic carbocycles. The summed E-state index contributed by atoms with van der Waals surface area (Å²) in [4.78, 5) is 13.9. The van der Waals surface area contributed by atoms with Crippen molar-refractivity contribution in [2.75, 3.05) is 26.5 Å². The van der Waals surface area contributed by atoms with Crippen LogP contribution < -0.4 is 0 Å². The molecule has 1 atom stereocenters. The highest BCUT2D eigenvalue weighted by atomic mass is 19.1. The minimum atomic E-state index is -1.23. The molecule has 2 aliphatic rings. The maximum Gasteiger partial charge on any atom is 0.340 e. The van der Waals surface area contributed by atoms with Crippen molar-refractivity contribution in [2.45, 2.75) is 6.30 Å². The van der Waals surface area contributed by atoms with Gasteiger partial charge >= 0.3 is 5.97 Å². The van der Waals surface area contributed by atoms with Gasteiger partial charge in [-0.05, 0) is 28.0 Å². The number of benzene rings is 2. The summed E-state index contributed by atoms with van der Waals surface area (Å²) in [7, 11) is 0. The minimum Gasteiger partial charge on any atom is -0.446 e. The van der Waals surface area contributed by atoms with Crippen LogP contribution in [0.1, 0.15) is 11.1 Å². The number of hydrogen-bond donors (Lipinski definition) is 0. The van der Waals surface area contributed by atoms with Gasteiger partial charge in [0.1, 0.15) is 6.73 Å². The zero-order valence-corrected chi connectivity index (χ0v) is 12.5. The van der Waals surface area contributed by atoms with E-state index in [0.717, 1.165) is 21.9 Å². The average molecular weight is 313 g/mol. The third-order valence-corrected chi connectivity index (χ3v) is 4.28. The highest BCUT2D eigenvalue weighted by Gasteiger charge is 2.26. The SMILES string of the molecule is O=C(OCN1CCOCC1F)C1=Cc2cccc3cccc1c23. The lowest BCUT2D eigenvalue weighted by Crippen LogP contribution is -2.44. The number of carbonyl (C=O) groups is 1. The molecule has 0 amide bonds. The van der Waals surface area contributed by atoms with E-state index in [1.54, 1.807) is 0 Å². The number of esters is 1. The van der Waals surface area contributed by atoms with E-state index >= 15 is 0 Å². The molecule has 0 radical (unpaired) electrons. The number of alkyl halides is 1. The average Bonchev–Trinajstić information content (AvgIpc) is 2.95. The van der Waals surface area contributed by atoms with Gasteiger partial charge in [0.2, 0.25) is 0 Å². The second-order valence-electron chi connectivity index (χ2n) is 5.69. The number of hydrogen-bond acceptors (Lipinski definition) is 4. The molecule has 2 aromatic carbocycles. The third-order valence-electron chi connectivity index (χ3n) is 4.28. The van der Waals surface area contributed by atoms with Crippen LogP contribution >= 0.6 is 0 Å². The fourth-order valence-electron chi connectivity index (χ4n) is 3.09. The van der Waals surface area contributed by atoms with Gasteiger partial charge in [-0.3, -0.25) is 0 Å². The van der Waals surface area contributed by atoms with Gasteiger partial charge in [-0.15, -0.1) is 0 Å². The predicted octanol–water partition coefficient (Wildman–Crippen LogP) is 2.82. The molecule has 0 spiro atoms. The molecule has 0 saturated carbocycles. The van der Waals surface area contributed by atoms with Crippen molar-refractivity contribution in [1.82, 2.24) is 4.90 Å². The summed E-state index contributed by atoms with van der Waals surface area (Å²) < 4.78 is 24.0. The largest absolute Gasteiger partial charge is 0.446 e. The number of nitrogens with zero attached hydrogens (tertiary/aromatic N) is 1.